The van der Waals surface area contributed by atoms with Crippen LogP contribution in [-0.2, 0) is 35.1 Å². The molecule has 2 aromatic rings. The molecule has 2 saturated carbocycles. The van der Waals surface area contributed by atoms with Crippen molar-refractivity contribution in [1.29, 1.82) is 0 Å². The molecule has 5 atom stereocenters. The number of amides is 4. The molecule has 55 heavy (non-hydrogen) atoms. The molecule has 17 heteroatoms. The van der Waals surface area contributed by atoms with E-state index >= 15 is 8.78 Å². The molecule has 1 unspecified atom stereocenters. The van der Waals surface area contributed by atoms with E-state index in [-0.39, 0.29) is 49.5 Å². The van der Waals surface area contributed by atoms with Gasteiger partial charge in [0.25, 0.3) is 5.91 Å². The molecule has 4 fully saturated rings. The highest BCUT2D eigenvalue weighted by atomic mass is 32.2. The number of para-hydroxylation sites is 2. The summed E-state index contributed by atoms with van der Waals surface area (Å²) < 4.78 is 72.0. The van der Waals surface area contributed by atoms with E-state index in [9.17, 15) is 27.6 Å². The normalized spacial score (nSPS) is 30.8. The van der Waals surface area contributed by atoms with Crippen LogP contribution in [0, 0.1) is 17.3 Å². The second-order valence-electron chi connectivity index (χ2n) is 16.4. The van der Waals surface area contributed by atoms with Gasteiger partial charge in [0, 0.05) is 12.0 Å². The molecule has 2 aliphatic carbocycles. The number of ether oxygens (including phenoxy) is 2. The van der Waals surface area contributed by atoms with Crippen LogP contribution >= 0.6 is 0 Å². The van der Waals surface area contributed by atoms with Crippen LogP contribution in [0.5, 0.6) is 5.88 Å². The number of allylic oxidation sites excluding steroid dienone is 2. The SMILES string of the molecule is CC1(C)C/C=C/C(F)(F)c2nc3ccccc3nc2O[C@H]2CN3CC2C(=O)N[C@@]2(C(=O)NS(=O)(=O)C4CC4)C[C@H]2CCCCCCC[C@H](NC(=O)OC1)C3=O. The van der Waals surface area contributed by atoms with E-state index in [0.717, 1.165) is 25.7 Å². The lowest BCUT2D eigenvalue weighted by Crippen LogP contribution is -2.55. The van der Waals surface area contributed by atoms with E-state index in [1.165, 1.54) is 11.0 Å². The summed E-state index contributed by atoms with van der Waals surface area (Å²) >= 11 is 0. The second kappa shape index (κ2) is 14.9. The first kappa shape index (κ1) is 38.8. The summed E-state index contributed by atoms with van der Waals surface area (Å²) in [6.45, 7) is 2.92. The number of hydrogen-bond acceptors (Lipinski definition) is 10. The van der Waals surface area contributed by atoms with Crippen LogP contribution in [-0.4, -0.2) is 89.7 Å². The zero-order valence-corrected chi connectivity index (χ0v) is 31.8. The number of carbonyl (C=O) groups excluding carboxylic acids is 4. The van der Waals surface area contributed by atoms with Gasteiger partial charge in [-0.25, -0.2) is 23.2 Å². The fourth-order valence-electron chi connectivity index (χ4n) is 7.77. The van der Waals surface area contributed by atoms with Crippen LogP contribution < -0.4 is 20.1 Å². The average Bonchev–Trinajstić information content (AvgIpc) is 4.05. The Morgan fingerprint density at radius 2 is 1.65 bits per heavy atom. The molecule has 4 bridgehead atoms. The van der Waals surface area contributed by atoms with Gasteiger partial charge in [0.2, 0.25) is 27.7 Å². The van der Waals surface area contributed by atoms with E-state index in [4.69, 9.17) is 9.47 Å². The van der Waals surface area contributed by atoms with Crippen LogP contribution in [0.15, 0.2) is 36.4 Å². The van der Waals surface area contributed by atoms with Gasteiger partial charge >= 0.3 is 12.0 Å². The van der Waals surface area contributed by atoms with Crippen LogP contribution in [0.2, 0.25) is 0 Å². The third-order valence-electron chi connectivity index (χ3n) is 11.3. The number of nitrogens with one attached hydrogen (secondary N) is 3. The highest BCUT2D eigenvalue weighted by Crippen LogP contribution is 2.48. The fraction of sp³-hybridized carbons (Fsp3) is 0.632. The van der Waals surface area contributed by atoms with Gasteiger partial charge in [-0.15, -0.1) is 0 Å². The number of halogens is 2. The molecule has 298 valence electrons. The maximum atomic E-state index is 16.2. The van der Waals surface area contributed by atoms with Gasteiger partial charge in [0.1, 0.15) is 17.7 Å². The van der Waals surface area contributed by atoms with Crippen molar-refractivity contribution in [2.75, 3.05) is 19.7 Å². The number of alkyl carbamates (subject to hydrolysis) is 1. The smallest absolute Gasteiger partial charge is 0.407 e. The monoisotopic (exact) mass is 786 g/mol. The first-order valence-electron chi connectivity index (χ1n) is 19.2. The maximum absolute atomic E-state index is 16.2. The zero-order chi connectivity index (χ0) is 39.2. The van der Waals surface area contributed by atoms with Crippen molar-refractivity contribution in [2.24, 2.45) is 17.3 Å². The van der Waals surface area contributed by atoms with Crippen molar-refractivity contribution in [2.45, 2.75) is 113 Å². The summed E-state index contributed by atoms with van der Waals surface area (Å²) in [4.78, 5) is 65.5. The first-order valence-corrected chi connectivity index (χ1v) is 20.7. The standard InChI is InChI=1S/C38H48F2N6O8S/c1-36(2)17-10-18-38(39,40)30-32(42-27-13-9-8-12-26(27)41-30)54-29-21-46-20-25(29)31(47)44-37(34(49)45-55(51,52)24-15-16-24)19-23(37)11-6-4-3-5-7-14-28(33(46)48)43-35(50)53-22-36/h8-10,12-13,18,23-25,28-29H,3-7,11,14-17,19-22H2,1-2H3,(H,43,50)(H,44,47)(H,45,49)/b18-10+/t23-,25?,28+,29+,37+/m1/s1. The molecule has 7 rings (SSSR count). The van der Waals surface area contributed by atoms with Gasteiger partial charge in [-0.3, -0.25) is 19.1 Å². The number of aromatic nitrogens is 2. The van der Waals surface area contributed by atoms with Gasteiger partial charge in [-0.1, -0.05) is 64.2 Å². The zero-order valence-electron chi connectivity index (χ0n) is 31.0. The van der Waals surface area contributed by atoms with E-state index in [1.807, 2.05) is 0 Å². The van der Waals surface area contributed by atoms with Gasteiger partial charge in [-0.2, -0.15) is 8.78 Å². The molecule has 4 heterocycles. The molecule has 3 aliphatic heterocycles. The average molecular weight is 787 g/mol. The number of rotatable bonds is 3. The van der Waals surface area contributed by atoms with Gasteiger partial charge in [0.05, 0.1) is 35.4 Å². The largest absolute Gasteiger partial charge is 0.470 e. The van der Waals surface area contributed by atoms with E-state index in [2.05, 4.69) is 25.3 Å². The van der Waals surface area contributed by atoms with Gasteiger partial charge in [0.15, 0.2) is 5.69 Å². The van der Waals surface area contributed by atoms with Crippen molar-refractivity contribution in [3.63, 3.8) is 0 Å². The van der Waals surface area contributed by atoms with Gasteiger partial charge < -0.3 is 25.0 Å². The number of carbonyl (C=O) groups is 4. The van der Waals surface area contributed by atoms with Gasteiger partial charge in [-0.05, 0) is 62.7 Å². The minimum atomic E-state index is -3.93. The molecule has 14 nitrogen and oxygen atoms in total. The molecule has 2 saturated heterocycles. The molecule has 3 N–H and O–H groups in total. The predicted molar refractivity (Wildman–Crippen MR) is 195 cm³/mol. The Morgan fingerprint density at radius 3 is 2.38 bits per heavy atom. The lowest BCUT2D eigenvalue weighted by molar-refractivity contribution is -0.134. The highest BCUT2D eigenvalue weighted by Gasteiger charge is 2.62. The van der Waals surface area contributed by atoms with Crippen LogP contribution in [0.3, 0.4) is 0 Å². The van der Waals surface area contributed by atoms with E-state index in [0.29, 0.717) is 38.2 Å². The molecule has 0 radical (unpaired) electrons. The lowest BCUT2D eigenvalue weighted by atomic mass is 9.90. The second-order valence-corrected chi connectivity index (χ2v) is 18.4. The molecular formula is C38H48F2N6O8S. The number of benzene rings is 1. The highest BCUT2D eigenvalue weighted by molar-refractivity contribution is 7.91. The third kappa shape index (κ3) is 8.55. The van der Waals surface area contributed by atoms with Crippen molar-refractivity contribution < 1.29 is 45.9 Å². The summed E-state index contributed by atoms with van der Waals surface area (Å²) in [7, 11) is -3.93. The first-order chi connectivity index (χ1) is 26.1. The number of nitrogens with zero attached hydrogens (tertiary/aromatic N) is 3. The minimum Gasteiger partial charge on any atom is -0.470 e. The van der Waals surface area contributed by atoms with E-state index in [1.54, 1.807) is 38.1 Å². The van der Waals surface area contributed by atoms with Crippen LogP contribution in [0.25, 0.3) is 11.0 Å². The Bertz CT molecular complexity index is 1990. The Kier molecular flexibility index (Phi) is 10.5. The Hall–Kier alpha value is -4.41. The Morgan fingerprint density at radius 1 is 0.964 bits per heavy atom. The summed E-state index contributed by atoms with van der Waals surface area (Å²) in [5.41, 5.74) is -2.59. The summed E-state index contributed by atoms with van der Waals surface area (Å²) in [5, 5.41) is 4.89. The van der Waals surface area contributed by atoms with Crippen LogP contribution in [0.4, 0.5) is 13.6 Å². The van der Waals surface area contributed by atoms with Crippen molar-refractivity contribution in [3.05, 3.63) is 42.1 Å². The number of cyclic esters (lactones) is 1. The quantitative estimate of drug-likeness (QED) is 0.381. The summed E-state index contributed by atoms with van der Waals surface area (Å²) in [6, 6.07) is 5.42. The van der Waals surface area contributed by atoms with Crippen LogP contribution in [0.1, 0.15) is 90.2 Å². The number of alkyl halides is 2. The lowest BCUT2D eigenvalue weighted by Gasteiger charge is -2.26. The molecule has 1 aromatic carbocycles. The summed E-state index contributed by atoms with van der Waals surface area (Å²) in [5.74, 6) is -7.81. The maximum Gasteiger partial charge on any atom is 0.407 e. The molecule has 0 spiro atoms. The molecule has 5 aliphatic rings. The summed E-state index contributed by atoms with van der Waals surface area (Å²) in [6.07, 6.45) is 5.69. The fourth-order valence-corrected chi connectivity index (χ4v) is 9.13. The number of hydrogen-bond donors (Lipinski definition) is 3. The predicted octanol–water partition coefficient (Wildman–Crippen LogP) is 4.24. The molecule has 1 aromatic heterocycles. The topological polar surface area (TPSA) is 186 Å². The Labute approximate surface area is 318 Å². The van der Waals surface area contributed by atoms with E-state index < -0.39 is 85.6 Å². The number of sulfonamides is 1. The minimum absolute atomic E-state index is 0.104. The molecular weight excluding hydrogens is 739 g/mol. The molecule has 4 amide bonds. The van der Waals surface area contributed by atoms with Crippen molar-refractivity contribution in [1.82, 2.24) is 30.2 Å². The third-order valence-corrected chi connectivity index (χ3v) is 13.1. The van der Waals surface area contributed by atoms with Crippen molar-refractivity contribution >= 4 is 44.9 Å². The van der Waals surface area contributed by atoms with Crippen molar-refractivity contribution in [3.8, 4) is 5.88 Å². The Balaban J connectivity index is 1.28. The number of fused-ring (bicyclic) bond motifs is 7.